The Labute approximate surface area is 171 Å². The highest BCUT2D eigenvalue weighted by atomic mass is 32.2. The third-order valence-electron chi connectivity index (χ3n) is 5.38. The molecule has 0 bridgehead atoms. The van der Waals surface area contributed by atoms with E-state index in [1.165, 1.54) is 29.2 Å². The van der Waals surface area contributed by atoms with Gasteiger partial charge in [-0.05, 0) is 18.2 Å². The number of sulfonamides is 1. The molecule has 1 saturated heterocycles. The Morgan fingerprint density at radius 1 is 1.10 bits per heavy atom. The molecule has 1 aliphatic heterocycles. The molecule has 9 heteroatoms. The van der Waals surface area contributed by atoms with E-state index in [0.717, 1.165) is 37.2 Å². The van der Waals surface area contributed by atoms with Crippen LogP contribution in [0.4, 0.5) is 11.4 Å². The van der Waals surface area contributed by atoms with Gasteiger partial charge in [-0.3, -0.25) is 10.1 Å². The third-order valence-corrected chi connectivity index (χ3v) is 6.85. The van der Waals surface area contributed by atoms with E-state index in [0.29, 0.717) is 0 Å². The first kappa shape index (κ1) is 21.2. The van der Waals surface area contributed by atoms with Gasteiger partial charge in [0.1, 0.15) is 6.04 Å². The van der Waals surface area contributed by atoms with Gasteiger partial charge in [-0.2, -0.15) is 0 Å². The van der Waals surface area contributed by atoms with Crippen LogP contribution >= 0.6 is 0 Å². The molecular formula is C20H27N4O4S+. The van der Waals surface area contributed by atoms with E-state index in [-0.39, 0.29) is 17.5 Å². The van der Waals surface area contributed by atoms with Gasteiger partial charge in [-0.25, -0.2) is 13.1 Å². The van der Waals surface area contributed by atoms with Gasteiger partial charge in [0.2, 0.25) is 10.0 Å². The lowest BCUT2D eigenvalue weighted by Gasteiger charge is -2.26. The van der Waals surface area contributed by atoms with Crippen molar-refractivity contribution in [2.24, 2.45) is 0 Å². The smallest absolute Gasteiger partial charge is 0.289 e. The van der Waals surface area contributed by atoms with Crippen molar-refractivity contribution in [1.29, 1.82) is 0 Å². The minimum absolute atomic E-state index is 0.0498. The number of nitrogens with zero attached hydrogens (tertiary/aromatic N) is 2. The second-order valence-electron chi connectivity index (χ2n) is 7.48. The van der Waals surface area contributed by atoms with Crippen LogP contribution in [0.5, 0.6) is 0 Å². The summed E-state index contributed by atoms with van der Waals surface area (Å²) < 4.78 is 28.3. The van der Waals surface area contributed by atoms with E-state index in [1.54, 1.807) is 0 Å². The van der Waals surface area contributed by atoms with Crippen LogP contribution in [0, 0.1) is 10.1 Å². The summed E-state index contributed by atoms with van der Waals surface area (Å²) >= 11 is 0. The molecule has 8 nitrogen and oxygen atoms in total. The Balaban J connectivity index is 1.84. The Morgan fingerprint density at radius 3 is 2.31 bits per heavy atom. The van der Waals surface area contributed by atoms with Crippen LogP contribution < -0.4 is 14.5 Å². The molecule has 2 N–H and O–H groups in total. The molecule has 1 fully saturated rings. The number of nitro groups is 1. The lowest BCUT2D eigenvalue weighted by Crippen LogP contribution is -3.11. The van der Waals surface area contributed by atoms with Gasteiger partial charge in [0.25, 0.3) is 5.69 Å². The number of nitro benzene ring substituents is 1. The van der Waals surface area contributed by atoms with Crippen molar-refractivity contribution in [3.05, 3.63) is 64.2 Å². The largest absolute Gasteiger partial charge is 0.378 e. The minimum Gasteiger partial charge on any atom is -0.378 e. The number of likely N-dealkylation sites (tertiary alicyclic amines) is 1. The fraction of sp³-hybridized carbons (Fsp3) is 0.400. The third kappa shape index (κ3) is 4.92. The molecule has 0 aliphatic carbocycles. The van der Waals surface area contributed by atoms with Crippen LogP contribution in [-0.2, 0) is 10.0 Å². The maximum atomic E-state index is 12.8. The van der Waals surface area contributed by atoms with Crippen molar-refractivity contribution in [1.82, 2.24) is 4.72 Å². The Bertz CT molecular complexity index is 955. The van der Waals surface area contributed by atoms with Gasteiger partial charge in [0.15, 0.2) is 4.90 Å². The van der Waals surface area contributed by atoms with Gasteiger partial charge >= 0.3 is 0 Å². The number of hydrogen-bond donors (Lipinski definition) is 2. The number of para-hydroxylation sites is 1. The molecule has 2 aromatic rings. The van der Waals surface area contributed by atoms with Crippen LogP contribution in [0.2, 0.25) is 0 Å². The maximum Gasteiger partial charge on any atom is 0.289 e. The second-order valence-corrected chi connectivity index (χ2v) is 9.22. The zero-order valence-corrected chi connectivity index (χ0v) is 17.5. The average molecular weight is 420 g/mol. The summed E-state index contributed by atoms with van der Waals surface area (Å²) in [6.07, 6.45) is 2.22. The number of benzene rings is 2. The van der Waals surface area contributed by atoms with E-state index in [1.807, 2.05) is 43.3 Å². The monoisotopic (exact) mass is 419 g/mol. The number of quaternary nitrogens is 1. The second kappa shape index (κ2) is 8.89. The standard InChI is InChI=1S/C20H26N4O4S/c1-22(2)17-11-9-16(10-12-17)19(23-13-5-6-14-23)15-21-29(27,28)20-8-4-3-7-18(20)24(25)26/h3-4,7-12,19,21H,5-6,13-15H2,1-2H3/p+1/t19-/m1/s1. The number of anilines is 1. The highest BCUT2D eigenvalue weighted by Crippen LogP contribution is 2.23. The molecule has 0 spiro atoms. The van der Waals surface area contributed by atoms with Gasteiger partial charge in [0, 0.05) is 44.3 Å². The first-order chi connectivity index (χ1) is 13.8. The van der Waals surface area contributed by atoms with Gasteiger partial charge < -0.3 is 9.80 Å². The maximum absolute atomic E-state index is 12.8. The summed E-state index contributed by atoms with van der Waals surface area (Å²) in [5.41, 5.74) is 1.71. The molecule has 2 aromatic carbocycles. The van der Waals surface area contributed by atoms with Crippen molar-refractivity contribution >= 4 is 21.4 Å². The van der Waals surface area contributed by atoms with Crippen molar-refractivity contribution < 1.29 is 18.2 Å². The summed E-state index contributed by atoms with van der Waals surface area (Å²) in [5, 5.41) is 11.2. The van der Waals surface area contributed by atoms with E-state index >= 15 is 0 Å². The van der Waals surface area contributed by atoms with Gasteiger partial charge in [-0.15, -0.1) is 0 Å². The highest BCUT2D eigenvalue weighted by molar-refractivity contribution is 7.89. The first-order valence-corrected chi connectivity index (χ1v) is 11.1. The van der Waals surface area contributed by atoms with Gasteiger partial charge in [-0.1, -0.05) is 24.3 Å². The van der Waals surface area contributed by atoms with E-state index in [2.05, 4.69) is 4.72 Å². The SMILES string of the molecule is CN(C)c1ccc([C@@H](CNS(=O)(=O)c2ccccc2[N+](=O)[O-])[NH+]2CCCC2)cc1. The number of nitrogens with one attached hydrogen (secondary N) is 2. The van der Waals surface area contributed by atoms with E-state index in [9.17, 15) is 18.5 Å². The van der Waals surface area contributed by atoms with Crippen molar-refractivity contribution in [2.45, 2.75) is 23.8 Å². The first-order valence-electron chi connectivity index (χ1n) is 9.64. The average Bonchev–Trinajstić information content (AvgIpc) is 3.23. The fourth-order valence-electron chi connectivity index (χ4n) is 3.79. The normalized spacial score (nSPS) is 15.9. The topological polar surface area (TPSA) is 97.0 Å². The van der Waals surface area contributed by atoms with Crippen LogP contribution in [0.3, 0.4) is 0 Å². The van der Waals surface area contributed by atoms with E-state index in [4.69, 9.17) is 0 Å². The zero-order valence-electron chi connectivity index (χ0n) is 16.7. The summed E-state index contributed by atoms with van der Waals surface area (Å²) in [5.74, 6) is 0. The minimum atomic E-state index is -4.00. The van der Waals surface area contributed by atoms with Crippen LogP contribution in [-0.4, -0.2) is 47.1 Å². The van der Waals surface area contributed by atoms with E-state index < -0.39 is 20.6 Å². The summed E-state index contributed by atoms with van der Waals surface area (Å²) in [6.45, 7) is 2.14. The Hall–Kier alpha value is -2.49. The Morgan fingerprint density at radius 2 is 1.72 bits per heavy atom. The highest BCUT2D eigenvalue weighted by Gasteiger charge is 2.31. The molecule has 0 aromatic heterocycles. The van der Waals surface area contributed by atoms with Crippen molar-refractivity contribution in [3.8, 4) is 0 Å². The van der Waals surface area contributed by atoms with Gasteiger partial charge in [0.05, 0.1) is 24.6 Å². The molecular weight excluding hydrogens is 392 g/mol. The summed E-state index contributed by atoms with van der Waals surface area (Å²) in [4.78, 5) is 13.6. The number of rotatable bonds is 8. The van der Waals surface area contributed by atoms with Crippen LogP contribution in [0.25, 0.3) is 0 Å². The fourth-order valence-corrected chi connectivity index (χ4v) is 5.00. The van der Waals surface area contributed by atoms with Crippen LogP contribution in [0.15, 0.2) is 53.4 Å². The molecule has 29 heavy (non-hydrogen) atoms. The molecule has 0 saturated carbocycles. The summed E-state index contributed by atoms with van der Waals surface area (Å²) in [6, 6.07) is 13.5. The molecule has 1 atom stereocenters. The zero-order chi connectivity index (χ0) is 21.0. The predicted molar refractivity (Wildman–Crippen MR) is 112 cm³/mol. The molecule has 1 aliphatic rings. The molecule has 1 heterocycles. The van der Waals surface area contributed by atoms with Crippen LogP contribution in [0.1, 0.15) is 24.4 Å². The summed E-state index contributed by atoms with van der Waals surface area (Å²) in [7, 11) is -0.0607. The molecule has 156 valence electrons. The quantitative estimate of drug-likeness (QED) is 0.497. The number of hydrogen-bond acceptors (Lipinski definition) is 5. The lowest BCUT2D eigenvalue weighted by molar-refractivity contribution is -0.918. The molecule has 0 unspecified atom stereocenters. The van der Waals surface area contributed by atoms with Crippen molar-refractivity contribution in [2.75, 3.05) is 38.6 Å². The Kier molecular flexibility index (Phi) is 6.51. The molecule has 0 radical (unpaired) electrons. The lowest BCUT2D eigenvalue weighted by atomic mass is 10.1. The molecule has 0 amide bonds. The van der Waals surface area contributed by atoms with Crippen molar-refractivity contribution in [3.63, 3.8) is 0 Å². The predicted octanol–water partition coefficient (Wildman–Crippen LogP) is 1.36. The molecule has 3 rings (SSSR count).